The molecule has 0 amide bonds. The number of aromatic nitrogens is 1. The summed E-state index contributed by atoms with van der Waals surface area (Å²) in [6.07, 6.45) is -2.61. The van der Waals surface area contributed by atoms with Gasteiger partial charge in [-0.15, -0.1) is 0 Å². The van der Waals surface area contributed by atoms with Crippen molar-refractivity contribution in [3.05, 3.63) is 23.0 Å². The van der Waals surface area contributed by atoms with E-state index >= 15 is 0 Å². The number of carbonyl (C=O) groups excluding carboxylic acids is 1. The van der Waals surface area contributed by atoms with Crippen molar-refractivity contribution in [2.45, 2.75) is 13.0 Å². The highest BCUT2D eigenvalue weighted by molar-refractivity contribution is 5.72. The van der Waals surface area contributed by atoms with Crippen LogP contribution in [0.3, 0.4) is 0 Å². The third-order valence-electron chi connectivity index (χ3n) is 1.67. The van der Waals surface area contributed by atoms with Crippen molar-refractivity contribution in [2.75, 3.05) is 0 Å². The number of pyridine rings is 1. The number of alkyl halides is 2. The predicted molar refractivity (Wildman–Crippen MR) is 44.1 cm³/mol. The Labute approximate surface area is 78.4 Å². The third kappa shape index (κ3) is 1.85. The lowest BCUT2D eigenvalue weighted by molar-refractivity contribution is 0.111. The van der Waals surface area contributed by atoms with E-state index in [0.717, 1.165) is 0 Å². The lowest BCUT2D eigenvalue weighted by atomic mass is 10.1. The smallest absolute Gasteiger partial charge is 0.284 e. The fraction of sp³-hybridized carbons (Fsp3) is 0.250. The first-order valence-electron chi connectivity index (χ1n) is 3.76. The summed E-state index contributed by atoms with van der Waals surface area (Å²) in [5.41, 5.74) is 4.30. The van der Waals surface area contributed by atoms with E-state index in [4.69, 9.17) is 5.73 Å². The molecule has 1 rings (SSSR count). The Morgan fingerprint density at radius 3 is 2.71 bits per heavy atom. The largest absolute Gasteiger partial charge is 0.505 e. The van der Waals surface area contributed by atoms with Crippen molar-refractivity contribution < 1.29 is 18.7 Å². The minimum absolute atomic E-state index is 0.0809. The molecule has 1 heterocycles. The standard InChI is InChI=1S/C8H8F2N2O2/c9-8(10)6-7(14)4(2-11)1-5(3-13)12-6/h1,3,8,14H,2,11H2. The Morgan fingerprint density at radius 1 is 1.64 bits per heavy atom. The molecule has 6 heteroatoms. The van der Waals surface area contributed by atoms with E-state index in [1.807, 2.05) is 0 Å². The number of hydrogen-bond donors (Lipinski definition) is 2. The van der Waals surface area contributed by atoms with Gasteiger partial charge in [-0.25, -0.2) is 13.8 Å². The number of aldehydes is 1. The van der Waals surface area contributed by atoms with Gasteiger partial charge in [0.1, 0.15) is 17.1 Å². The topological polar surface area (TPSA) is 76.2 Å². The molecule has 0 spiro atoms. The molecule has 0 saturated carbocycles. The summed E-state index contributed by atoms with van der Waals surface area (Å²) in [7, 11) is 0. The van der Waals surface area contributed by atoms with Crippen molar-refractivity contribution in [3.63, 3.8) is 0 Å². The Kier molecular flexibility index (Phi) is 3.08. The SMILES string of the molecule is NCc1cc(C=O)nc(C(F)F)c1O. The predicted octanol–water partition coefficient (Wildman–Crippen LogP) is 0.996. The molecule has 4 nitrogen and oxygen atoms in total. The Balaban J connectivity index is 3.34. The molecule has 1 aromatic heterocycles. The van der Waals surface area contributed by atoms with E-state index in [0.29, 0.717) is 6.29 Å². The zero-order chi connectivity index (χ0) is 10.7. The van der Waals surface area contributed by atoms with E-state index in [9.17, 15) is 18.7 Å². The summed E-state index contributed by atoms with van der Waals surface area (Å²) in [6.45, 7) is -0.130. The summed E-state index contributed by atoms with van der Waals surface area (Å²) >= 11 is 0. The van der Waals surface area contributed by atoms with E-state index in [2.05, 4.69) is 4.98 Å². The van der Waals surface area contributed by atoms with Gasteiger partial charge in [0.15, 0.2) is 6.29 Å². The number of nitrogens with zero attached hydrogens (tertiary/aromatic N) is 1. The molecular formula is C8H8F2N2O2. The molecule has 0 aliphatic rings. The van der Waals surface area contributed by atoms with Crippen LogP contribution in [0, 0.1) is 0 Å². The molecular weight excluding hydrogens is 194 g/mol. The summed E-state index contributed by atoms with van der Waals surface area (Å²) in [5, 5.41) is 9.24. The van der Waals surface area contributed by atoms with E-state index in [1.54, 1.807) is 0 Å². The van der Waals surface area contributed by atoms with Crippen LogP contribution < -0.4 is 5.73 Å². The van der Waals surface area contributed by atoms with Crippen LogP contribution in [-0.4, -0.2) is 16.4 Å². The maximum atomic E-state index is 12.3. The fourth-order valence-electron chi connectivity index (χ4n) is 1.00. The molecule has 0 aliphatic heterocycles. The lowest BCUT2D eigenvalue weighted by Crippen LogP contribution is -2.04. The van der Waals surface area contributed by atoms with Gasteiger partial charge in [-0.3, -0.25) is 4.79 Å². The molecule has 0 radical (unpaired) electrons. The van der Waals surface area contributed by atoms with Crippen LogP contribution in [0.25, 0.3) is 0 Å². The van der Waals surface area contributed by atoms with Crippen LogP contribution in [-0.2, 0) is 6.54 Å². The Morgan fingerprint density at radius 2 is 2.29 bits per heavy atom. The quantitative estimate of drug-likeness (QED) is 0.717. The van der Waals surface area contributed by atoms with Crippen LogP contribution in [0.4, 0.5) is 8.78 Å². The summed E-state index contributed by atoms with van der Waals surface area (Å²) in [5.74, 6) is -0.645. The lowest BCUT2D eigenvalue weighted by Gasteiger charge is -2.07. The number of carbonyl (C=O) groups is 1. The van der Waals surface area contributed by atoms with Crippen molar-refractivity contribution in [2.24, 2.45) is 5.73 Å². The number of halogens is 2. The van der Waals surface area contributed by atoms with Crippen LogP contribution in [0.1, 0.15) is 28.2 Å². The second-order valence-electron chi connectivity index (χ2n) is 2.56. The molecule has 1 aromatic rings. The first kappa shape index (κ1) is 10.5. The Bertz CT molecular complexity index is 355. The van der Waals surface area contributed by atoms with Crippen molar-refractivity contribution in [1.82, 2.24) is 4.98 Å². The van der Waals surface area contributed by atoms with Gasteiger partial charge < -0.3 is 10.8 Å². The highest BCUT2D eigenvalue weighted by atomic mass is 19.3. The van der Waals surface area contributed by atoms with Gasteiger partial charge in [0.05, 0.1) is 0 Å². The monoisotopic (exact) mass is 202 g/mol. The molecule has 0 atom stereocenters. The van der Waals surface area contributed by atoms with Crippen LogP contribution in [0.5, 0.6) is 5.75 Å². The summed E-state index contributed by atoms with van der Waals surface area (Å²) in [6, 6.07) is 1.17. The van der Waals surface area contributed by atoms with Gasteiger partial charge >= 0.3 is 0 Å². The maximum Gasteiger partial charge on any atom is 0.284 e. The van der Waals surface area contributed by atoms with Gasteiger partial charge in [0.25, 0.3) is 6.43 Å². The molecule has 3 N–H and O–H groups in total. The van der Waals surface area contributed by atoms with Gasteiger partial charge in [-0.1, -0.05) is 0 Å². The number of nitrogens with two attached hydrogens (primary N) is 1. The molecule has 0 fully saturated rings. The Hall–Kier alpha value is -1.56. The van der Waals surface area contributed by atoms with Crippen molar-refractivity contribution in [3.8, 4) is 5.75 Å². The molecule has 0 aromatic carbocycles. The first-order valence-corrected chi connectivity index (χ1v) is 3.76. The molecule has 0 aliphatic carbocycles. The van der Waals surface area contributed by atoms with Gasteiger partial charge in [0.2, 0.25) is 0 Å². The molecule has 0 bridgehead atoms. The summed E-state index contributed by atoms with van der Waals surface area (Å²) in [4.78, 5) is 13.6. The fourth-order valence-corrected chi connectivity index (χ4v) is 1.00. The van der Waals surface area contributed by atoms with Gasteiger partial charge in [0, 0.05) is 12.1 Å². The van der Waals surface area contributed by atoms with Crippen molar-refractivity contribution in [1.29, 1.82) is 0 Å². The number of rotatable bonds is 3. The number of aromatic hydroxyl groups is 1. The van der Waals surface area contributed by atoms with Crippen LogP contribution in [0.15, 0.2) is 6.07 Å². The van der Waals surface area contributed by atoms with Crippen molar-refractivity contribution >= 4 is 6.29 Å². The highest BCUT2D eigenvalue weighted by Gasteiger charge is 2.18. The van der Waals surface area contributed by atoms with E-state index < -0.39 is 17.9 Å². The zero-order valence-corrected chi connectivity index (χ0v) is 7.08. The maximum absolute atomic E-state index is 12.3. The molecule has 76 valence electrons. The van der Waals surface area contributed by atoms with E-state index in [1.165, 1.54) is 6.07 Å². The average molecular weight is 202 g/mol. The second-order valence-corrected chi connectivity index (χ2v) is 2.56. The van der Waals surface area contributed by atoms with Gasteiger partial charge in [-0.05, 0) is 6.07 Å². The molecule has 0 unspecified atom stereocenters. The molecule has 0 saturated heterocycles. The molecule has 14 heavy (non-hydrogen) atoms. The summed E-state index contributed by atoms with van der Waals surface area (Å²) < 4.78 is 24.6. The normalized spacial score (nSPS) is 10.6. The first-order chi connectivity index (χ1) is 6.60. The average Bonchev–Trinajstić information content (AvgIpc) is 2.17. The third-order valence-corrected chi connectivity index (χ3v) is 1.67. The zero-order valence-electron chi connectivity index (χ0n) is 7.08. The van der Waals surface area contributed by atoms with Gasteiger partial charge in [-0.2, -0.15) is 0 Å². The van der Waals surface area contributed by atoms with E-state index in [-0.39, 0.29) is 17.8 Å². The minimum atomic E-state index is -2.93. The van der Waals surface area contributed by atoms with Crippen LogP contribution >= 0.6 is 0 Å². The second kappa shape index (κ2) is 4.10. The van der Waals surface area contributed by atoms with Crippen LogP contribution in [0.2, 0.25) is 0 Å². The number of hydrogen-bond acceptors (Lipinski definition) is 4. The highest BCUT2D eigenvalue weighted by Crippen LogP contribution is 2.29. The minimum Gasteiger partial charge on any atom is -0.505 e.